The third-order valence-electron chi connectivity index (χ3n) is 3.96. The van der Waals surface area contributed by atoms with Gasteiger partial charge >= 0.3 is 0 Å². The van der Waals surface area contributed by atoms with Crippen molar-refractivity contribution in [3.05, 3.63) is 55.5 Å². The Morgan fingerprint density at radius 2 is 2.11 bits per heavy atom. The molecule has 0 saturated heterocycles. The van der Waals surface area contributed by atoms with E-state index in [0.717, 1.165) is 31.3 Å². The summed E-state index contributed by atoms with van der Waals surface area (Å²) in [5.41, 5.74) is 1.89. The number of fused-ring (bicyclic) bond motifs is 1. The zero-order valence-corrected chi connectivity index (χ0v) is 18.5. The van der Waals surface area contributed by atoms with Crippen LogP contribution >= 0.6 is 50.4 Å². The minimum atomic E-state index is -0.0124. The Balaban J connectivity index is 1.58. The van der Waals surface area contributed by atoms with Crippen LogP contribution in [0.5, 0.6) is 5.75 Å². The van der Waals surface area contributed by atoms with E-state index in [9.17, 15) is 4.79 Å². The minimum absolute atomic E-state index is 0.0124. The second kappa shape index (κ2) is 7.75. The number of halogens is 1. The lowest BCUT2D eigenvalue weighted by Crippen LogP contribution is -2.19. The van der Waals surface area contributed by atoms with E-state index in [1.807, 2.05) is 35.0 Å². The van der Waals surface area contributed by atoms with E-state index in [4.69, 9.17) is 9.72 Å². The molecule has 3 heterocycles. The molecular formula is C18H14BrN3O2S3. The number of thiophene rings is 1. The zero-order valence-electron chi connectivity index (χ0n) is 14.4. The van der Waals surface area contributed by atoms with Crippen molar-refractivity contribution in [1.29, 1.82) is 0 Å². The van der Waals surface area contributed by atoms with Crippen molar-refractivity contribution >= 4 is 60.6 Å². The first-order valence-corrected chi connectivity index (χ1v) is 11.5. The van der Waals surface area contributed by atoms with Gasteiger partial charge in [0.25, 0.3) is 5.56 Å². The highest BCUT2D eigenvalue weighted by molar-refractivity contribution is 9.10. The van der Waals surface area contributed by atoms with Gasteiger partial charge in [-0.25, -0.2) is 9.97 Å². The van der Waals surface area contributed by atoms with E-state index in [0.29, 0.717) is 16.3 Å². The van der Waals surface area contributed by atoms with Crippen molar-refractivity contribution in [2.45, 2.75) is 10.9 Å². The normalized spacial score (nSPS) is 11.2. The molecule has 4 rings (SSSR count). The van der Waals surface area contributed by atoms with E-state index < -0.39 is 0 Å². The number of benzene rings is 1. The molecule has 0 atom stereocenters. The van der Waals surface area contributed by atoms with Gasteiger partial charge in [0, 0.05) is 22.7 Å². The molecule has 9 heteroatoms. The number of thiazole rings is 1. The van der Waals surface area contributed by atoms with Crippen molar-refractivity contribution in [3.8, 4) is 16.3 Å². The van der Waals surface area contributed by atoms with E-state index in [1.54, 1.807) is 30.1 Å². The Morgan fingerprint density at radius 3 is 2.93 bits per heavy atom. The van der Waals surface area contributed by atoms with Gasteiger partial charge in [0.1, 0.15) is 15.6 Å². The number of methoxy groups -OCH3 is 1. The number of rotatable bonds is 5. The van der Waals surface area contributed by atoms with Gasteiger partial charge in [-0.2, -0.15) is 0 Å². The lowest BCUT2D eigenvalue weighted by Gasteiger charge is -2.06. The zero-order chi connectivity index (χ0) is 19.0. The molecule has 5 nitrogen and oxygen atoms in total. The van der Waals surface area contributed by atoms with E-state index in [2.05, 4.69) is 20.9 Å². The van der Waals surface area contributed by atoms with Crippen molar-refractivity contribution < 1.29 is 4.74 Å². The van der Waals surface area contributed by atoms with Gasteiger partial charge in [-0.05, 0) is 29.6 Å². The summed E-state index contributed by atoms with van der Waals surface area (Å²) in [6.45, 7) is 0. The third kappa shape index (κ3) is 3.69. The number of ether oxygens (including phenoxy) is 1. The fraction of sp³-hybridized carbons (Fsp3) is 0.167. The van der Waals surface area contributed by atoms with Crippen LogP contribution in [0, 0.1) is 0 Å². The maximum absolute atomic E-state index is 12.4. The largest absolute Gasteiger partial charge is 0.496 e. The van der Waals surface area contributed by atoms with Gasteiger partial charge in [0.05, 0.1) is 23.8 Å². The maximum atomic E-state index is 12.4. The summed E-state index contributed by atoms with van der Waals surface area (Å²) >= 11 is 8.07. The first-order chi connectivity index (χ1) is 13.1. The molecule has 3 aromatic heterocycles. The average Bonchev–Trinajstić information content (AvgIpc) is 3.33. The van der Waals surface area contributed by atoms with Gasteiger partial charge in [-0.15, -0.1) is 22.7 Å². The van der Waals surface area contributed by atoms with Crippen LogP contribution in [0.15, 0.2) is 49.4 Å². The molecule has 1 aromatic carbocycles. The smallest absolute Gasteiger partial charge is 0.262 e. The average molecular weight is 480 g/mol. The molecule has 0 fully saturated rings. The van der Waals surface area contributed by atoms with E-state index in [-0.39, 0.29) is 5.56 Å². The number of hydrogen-bond acceptors (Lipinski definition) is 7. The van der Waals surface area contributed by atoms with Crippen LogP contribution in [-0.4, -0.2) is 21.6 Å². The van der Waals surface area contributed by atoms with Gasteiger partial charge in [0.15, 0.2) is 5.16 Å². The molecule has 0 aliphatic carbocycles. The first-order valence-electron chi connectivity index (χ1n) is 7.92. The standard InChI is InChI=1S/C18H14BrN3O2S3/c1-22-17(23)12-5-6-25-15(12)21-18(22)27-9-11-8-26-16(20-11)13-7-10(19)3-4-14(13)24-2/h3-8H,9H2,1-2H3. The van der Waals surface area contributed by atoms with Crippen molar-refractivity contribution in [1.82, 2.24) is 14.5 Å². The summed E-state index contributed by atoms with van der Waals surface area (Å²) in [5, 5.41) is 6.20. The van der Waals surface area contributed by atoms with Crippen molar-refractivity contribution in [2.75, 3.05) is 7.11 Å². The van der Waals surface area contributed by atoms with Crippen LogP contribution in [0.25, 0.3) is 20.8 Å². The lowest BCUT2D eigenvalue weighted by atomic mass is 10.2. The number of nitrogens with zero attached hydrogens (tertiary/aromatic N) is 3. The fourth-order valence-electron chi connectivity index (χ4n) is 2.59. The van der Waals surface area contributed by atoms with E-state index >= 15 is 0 Å². The SMILES string of the molecule is COc1ccc(Br)cc1-c1nc(CSc2nc3sccc3c(=O)n2C)cs1. The van der Waals surface area contributed by atoms with Crippen LogP contribution < -0.4 is 10.3 Å². The first kappa shape index (κ1) is 18.7. The third-order valence-corrected chi connectivity index (χ3v) is 7.24. The monoisotopic (exact) mass is 479 g/mol. The number of thioether (sulfide) groups is 1. The van der Waals surface area contributed by atoms with Gasteiger partial charge < -0.3 is 4.74 Å². The molecule has 0 radical (unpaired) electrons. The molecule has 0 saturated carbocycles. The highest BCUT2D eigenvalue weighted by Crippen LogP contribution is 2.35. The molecule has 0 aliphatic rings. The highest BCUT2D eigenvalue weighted by Gasteiger charge is 2.13. The van der Waals surface area contributed by atoms with Crippen LogP contribution in [0.1, 0.15) is 5.69 Å². The molecule has 0 amide bonds. The Bertz CT molecular complexity index is 1180. The fourth-order valence-corrected chi connectivity index (χ4v) is 5.57. The summed E-state index contributed by atoms with van der Waals surface area (Å²) in [5.74, 6) is 1.43. The molecule has 0 spiro atoms. The van der Waals surface area contributed by atoms with E-state index in [1.165, 1.54) is 23.1 Å². The Hall–Kier alpha value is -1.68. The van der Waals surface area contributed by atoms with Crippen molar-refractivity contribution in [3.63, 3.8) is 0 Å². The predicted molar refractivity (Wildman–Crippen MR) is 116 cm³/mol. The summed E-state index contributed by atoms with van der Waals surface area (Å²) < 4.78 is 8.03. The summed E-state index contributed by atoms with van der Waals surface area (Å²) in [6.07, 6.45) is 0. The quantitative estimate of drug-likeness (QED) is 0.291. The lowest BCUT2D eigenvalue weighted by molar-refractivity contribution is 0.416. The molecule has 138 valence electrons. The molecule has 0 unspecified atom stereocenters. The van der Waals surface area contributed by atoms with Crippen LogP contribution in [0.4, 0.5) is 0 Å². The molecule has 0 aliphatic heterocycles. The molecule has 4 aromatic rings. The molecular weight excluding hydrogens is 466 g/mol. The number of aromatic nitrogens is 3. The van der Waals surface area contributed by atoms with Crippen LogP contribution in [0.2, 0.25) is 0 Å². The predicted octanol–water partition coefficient (Wildman–Crippen LogP) is 5.18. The van der Waals surface area contributed by atoms with Gasteiger partial charge in [0.2, 0.25) is 0 Å². The van der Waals surface area contributed by atoms with Crippen LogP contribution in [-0.2, 0) is 12.8 Å². The maximum Gasteiger partial charge on any atom is 0.262 e. The Kier molecular flexibility index (Phi) is 5.36. The summed E-state index contributed by atoms with van der Waals surface area (Å²) in [7, 11) is 3.41. The van der Waals surface area contributed by atoms with Crippen LogP contribution in [0.3, 0.4) is 0 Å². The Labute approximate surface area is 176 Å². The summed E-state index contributed by atoms with van der Waals surface area (Å²) in [6, 6.07) is 7.69. The number of hydrogen-bond donors (Lipinski definition) is 0. The minimum Gasteiger partial charge on any atom is -0.496 e. The molecule has 0 bridgehead atoms. The second-order valence-electron chi connectivity index (χ2n) is 5.68. The molecule has 27 heavy (non-hydrogen) atoms. The highest BCUT2D eigenvalue weighted by atomic mass is 79.9. The molecule has 0 N–H and O–H groups in total. The van der Waals surface area contributed by atoms with Crippen molar-refractivity contribution in [2.24, 2.45) is 7.05 Å². The topological polar surface area (TPSA) is 57.0 Å². The summed E-state index contributed by atoms with van der Waals surface area (Å²) in [4.78, 5) is 22.5. The Morgan fingerprint density at radius 1 is 1.26 bits per heavy atom. The van der Waals surface area contributed by atoms with Gasteiger partial charge in [-0.3, -0.25) is 9.36 Å². The van der Waals surface area contributed by atoms with Gasteiger partial charge in [-0.1, -0.05) is 27.7 Å². The second-order valence-corrected chi connectivity index (χ2v) is 9.29.